The number of hydrogen-bond acceptors (Lipinski definition) is 2. The molecule has 1 atom stereocenters. The molecule has 4 nitrogen and oxygen atoms in total. The normalized spacial score (nSPS) is 11.9. The van der Waals surface area contributed by atoms with Gasteiger partial charge in [-0.2, -0.15) is 0 Å². The van der Waals surface area contributed by atoms with Crippen molar-refractivity contribution in [1.82, 2.24) is 5.32 Å². The molecular weight excluding hydrogens is 274 g/mol. The van der Waals surface area contributed by atoms with E-state index in [0.29, 0.717) is 0 Å². The largest absolute Gasteiger partial charge is 0.481 e. The van der Waals surface area contributed by atoms with Crippen LogP contribution in [0.25, 0.3) is 0 Å². The highest BCUT2D eigenvalue weighted by Crippen LogP contribution is 2.25. The van der Waals surface area contributed by atoms with Crippen LogP contribution in [0.1, 0.15) is 24.9 Å². The predicted molar refractivity (Wildman–Crippen MR) is 63.0 cm³/mol. The van der Waals surface area contributed by atoms with Gasteiger partial charge >= 0.3 is 5.97 Å². The first kappa shape index (κ1) is 12.7. The van der Waals surface area contributed by atoms with Gasteiger partial charge < -0.3 is 10.4 Å². The third kappa shape index (κ3) is 3.66. The van der Waals surface area contributed by atoms with Crippen LogP contribution in [0.5, 0.6) is 0 Å². The van der Waals surface area contributed by atoms with E-state index in [1.54, 1.807) is 12.1 Å². The Hall–Kier alpha value is -1.36. The summed E-state index contributed by atoms with van der Waals surface area (Å²) in [6.45, 7) is 1.37. The van der Waals surface area contributed by atoms with E-state index in [1.165, 1.54) is 6.92 Å². The SMILES string of the molecule is CC(=O)N[C@H](CC(=O)O)c1ccccc1Br. The minimum atomic E-state index is -0.950. The van der Waals surface area contributed by atoms with E-state index in [2.05, 4.69) is 21.2 Å². The molecule has 0 saturated carbocycles. The van der Waals surface area contributed by atoms with E-state index in [0.717, 1.165) is 10.0 Å². The average molecular weight is 286 g/mol. The number of rotatable bonds is 4. The van der Waals surface area contributed by atoms with E-state index < -0.39 is 12.0 Å². The monoisotopic (exact) mass is 285 g/mol. The van der Waals surface area contributed by atoms with Crippen LogP contribution >= 0.6 is 15.9 Å². The Kier molecular flexibility index (Phi) is 4.49. The first-order valence-electron chi connectivity index (χ1n) is 4.74. The fourth-order valence-corrected chi connectivity index (χ4v) is 1.98. The number of nitrogens with one attached hydrogen (secondary N) is 1. The van der Waals surface area contributed by atoms with E-state index in [9.17, 15) is 9.59 Å². The number of carbonyl (C=O) groups excluding carboxylic acids is 1. The maximum absolute atomic E-state index is 11.0. The van der Waals surface area contributed by atoms with Crippen LogP contribution in [0.2, 0.25) is 0 Å². The Labute approximate surface area is 102 Å². The molecule has 0 radical (unpaired) electrons. The molecule has 0 aliphatic heterocycles. The molecule has 0 saturated heterocycles. The van der Waals surface area contributed by atoms with E-state index >= 15 is 0 Å². The smallest absolute Gasteiger partial charge is 0.305 e. The summed E-state index contributed by atoms with van der Waals surface area (Å²) in [5.74, 6) is -1.20. The second-order valence-electron chi connectivity index (χ2n) is 3.37. The number of halogens is 1. The van der Waals surface area contributed by atoms with Crippen molar-refractivity contribution in [3.8, 4) is 0 Å². The van der Waals surface area contributed by atoms with Gasteiger partial charge in [-0.3, -0.25) is 9.59 Å². The van der Waals surface area contributed by atoms with Crippen LogP contribution in [0.15, 0.2) is 28.7 Å². The summed E-state index contributed by atoms with van der Waals surface area (Å²) in [7, 11) is 0. The zero-order chi connectivity index (χ0) is 12.1. The molecule has 1 aromatic carbocycles. The zero-order valence-corrected chi connectivity index (χ0v) is 10.3. The molecule has 0 fully saturated rings. The topological polar surface area (TPSA) is 66.4 Å². The molecule has 0 unspecified atom stereocenters. The summed E-state index contributed by atoms with van der Waals surface area (Å²) in [6.07, 6.45) is -0.137. The Balaban J connectivity index is 2.96. The third-order valence-corrected chi connectivity index (χ3v) is 2.76. The van der Waals surface area contributed by atoms with Gasteiger partial charge in [0.05, 0.1) is 12.5 Å². The van der Waals surface area contributed by atoms with E-state index in [4.69, 9.17) is 5.11 Å². The molecule has 2 N–H and O–H groups in total. The minimum absolute atomic E-state index is 0.137. The summed E-state index contributed by atoms with van der Waals surface area (Å²) in [5, 5.41) is 11.4. The number of carboxylic acids is 1. The van der Waals surface area contributed by atoms with Crippen molar-refractivity contribution < 1.29 is 14.7 Å². The van der Waals surface area contributed by atoms with Crippen molar-refractivity contribution in [2.45, 2.75) is 19.4 Å². The van der Waals surface area contributed by atoms with Gasteiger partial charge in [0.2, 0.25) is 5.91 Å². The van der Waals surface area contributed by atoms with Crippen molar-refractivity contribution in [3.63, 3.8) is 0 Å². The fraction of sp³-hybridized carbons (Fsp3) is 0.273. The Morgan fingerprint density at radius 2 is 2.06 bits per heavy atom. The van der Waals surface area contributed by atoms with Crippen molar-refractivity contribution in [3.05, 3.63) is 34.3 Å². The second-order valence-corrected chi connectivity index (χ2v) is 4.23. The highest BCUT2D eigenvalue weighted by Gasteiger charge is 2.18. The van der Waals surface area contributed by atoms with Crippen LogP contribution < -0.4 is 5.32 Å². The molecule has 0 aromatic heterocycles. The van der Waals surface area contributed by atoms with Crippen LogP contribution in [-0.2, 0) is 9.59 Å². The number of carbonyl (C=O) groups is 2. The number of aliphatic carboxylic acids is 1. The van der Waals surface area contributed by atoms with Gasteiger partial charge in [-0.05, 0) is 11.6 Å². The summed E-state index contributed by atoms with van der Waals surface area (Å²) < 4.78 is 0.787. The molecule has 1 aromatic rings. The van der Waals surface area contributed by atoms with Crippen LogP contribution in [0.3, 0.4) is 0 Å². The maximum atomic E-state index is 11.0. The van der Waals surface area contributed by atoms with Gasteiger partial charge in [0, 0.05) is 11.4 Å². The molecule has 16 heavy (non-hydrogen) atoms. The predicted octanol–water partition coefficient (Wildman–Crippen LogP) is 2.10. The molecule has 86 valence electrons. The summed E-state index contributed by atoms with van der Waals surface area (Å²) in [4.78, 5) is 21.7. The maximum Gasteiger partial charge on any atom is 0.305 e. The quantitative estimate of drug-likeness (QED) is 0.890. The Morgan fingerprint density at radius 3 is 2.56 bits per heavy atom. The summed E-state index contributed by atoms with van der Waals surface area (Å²) in [6, 6.07) is 6.72. The molecule has 1 amide bonds. The molecular formula is C11H12BrNO3. The highest BCUT2D eigenvalue weighted by atomic mass is 79.9. The fourth-order valence-electron chi connectivity index (χ4n) is 1.42. The van der Waals surface area contributed by atoms with Crippen molar-refractivity contribution in [2.75, 3.05) is 0 Å². The van der Waals surface area contributed by atoms with Gasteiger partial charge in [-0.1, -0.05) is 34.1 Å². The van der Waals surface area contributed by atoms with Crippen LogP contribution in [-0.4, -0.2) is 17.0 Å². The van der Waals surface area contributed by atoms with Gasteiger partial charge in [-0.25, -0.2) is 0 Å². The standard InChI is InChI=1S/C11H12BrNO3/c1-7(14)13-10(6-11(15)16)8-4-2-3-5-9(8)12/h2-5,10H,6H2,1H3,(H,13,14)(H,15,16)/t10-/m1/s1. The number of carboxylic acid groups (broad SMARTS) is 1. The van der Waals surface area contributed by atoms with Gasteiger partial charge in [0.15, 0.2) is 0 Å². The number of amides is 1. The molecule has 1 rings (SSSR count). The van der Waals surface area contributed by atoms with Crippen molar-refractivity contribution in [1.29, 1.82) is 0 Å². The first-order chi connectivity index (χ1) is 7.50. The lowest BCUT2D eigenvalue weighted by Gasteiger charge is -2.17. The van der Waals surface area contributed by atoms with Crippen molar-refractivity contribution in [2.24, 2.45) is 0 Å². The molecule has 0 aliphatic carbocycles. The lowest BCUT2D eigenvalue weighted by Crippen LogP contribution is -2.28. The number of benzene rings is 1. The molecule has 5 heteroatoms. The molecule has 0 heterocycles. The Morgan fingerprint density at radius 1 is 1.44 bits per heavy atom. The lowest BCUT2D eigenvalue weighted by atomic mass is 10.0. The van der Waals surface area contributed by atoms with Gasteiger partial charge in [-0.15, -0.1) is 0 Å². The molecule has 0 aliphatic rings. The number of hydrogen-bond donors (Lipinski definition) is 2. The zero-order valence-electron chi connectivity index (χ0n) is 8.74. The van der Waals surface area contributed by atoms with E-state index in [1.807, 2.05) is 12.1 Å². The molecule has 0 spiro atoms. The van der Waals surface area contributed by atoms with Gasteiger partial charge in [0.1, 0.15) is 0 Å². The summed E-state index contributed by atoms with van der Waals surface area (Å²) in [5.41, 5.74) is 0.764. The van der Waals surface area contributed by atoms with Crippen LogP contribution in [0, 0.1) is 0 Å². The minimum Gasteiger partial charge on any atom is -0.481 e. The Bertz CT molecular complexity index is 390. The lowest BCUT2D eigenvalue weighted by molar-refractivity contribution is -0.137. The summed E-state index contributed by atoms with van der Waals surface area (Å²) >= 11 is 3.33. The van der Waals surface area contributed by atoms with Crippen molar-refractivity contribution >= 4 is 27.8 Å². The van der Waals surface area contributed by atoms with Crippen LogP contribution in [0.4, 0.5) is 0 Å². The molecule has 0 bridgehead atoms. The average Bonchev–Trinajstić information content (AvgIpc) is 2.15. The first-order valence-corrected chi connectivity index (χ1v) is 5.53. The highest BCUT2D eigenvalue weighted by molar-refractivity contribution is 9.10. The van der Waals surface area contributed by atoms with Gasteiger partial charge in [0.25, 0.3) is 0 Å². The van der Waals surface area contributed by atoms with E-state index in [-0.39, 0.29) is 12.3 Å². The second kappa shape index (κ2) is 5.65. The third-order valence-electron chi connectivity index (χ3n) is 2.04.